The van der Waals surface area contributed by atoms with Gasteiger partial charge in [0.2, 0.25) is 0 Å². The number of carbonyl (C=O) groups excluding carboxylic acids is 1. The maximum Gasteiger partial charge on any atom is 0.256 e. The molecule has 0 atom stereocenters. The van der Waals surface area contributed by atoms with Crippen LogP contribution in [0.15, 0.2) is 24.3 Å². The van der Waals surface area contributed by atoms with Crippen LogP contribution in [0.1, 0.15) is 13.8 Å². The lowest BCUT2D eigenvalue weighted by molar-refractivity contribution is -0.133. The van der Waals surface area contributed by atoms with Crippen molar-refractivity contribution >= 4 is 17.3 Å². The maximum absolute atomic E-state index is 12.2. The lowest BCUT2D eigenvalue weighted by atomic mass is 10.1. The van der Waals surface area contributed by atoms with Gasteiger partial charge in [-0.15, -0.1) is 0 Å². The molecule has 1 fully saturated rings. The number of nitrogens with zero attached hydrogens (tertiary/aromatic N) is 1. The van der Waals surface area contributed by atoms with Crippen molar-refractivity contribution in [3.63, 3.8) is 0 Å². The normalized spacial score (nSPS) is 16.1. The highest BCUT2D eigenvalue weighted by Crippen LogP contribution is 2.27. The van der Waals surface area contributed by atoms with Gasteiger partial charge >= 0.3 is 0 Å². The molecule has 0 spiro atoms. The van der Waals surface area contributed by atoms with Crippen molar-refractivity contribution < 1.29 is 14.3 Å². The number of benzene rings is 1. The second kappa shape index (κ2) is 6.24. The summed E-state index contributed by atoms with van der Waals surface area (Å²) in [6.45, 7) is 6.60. The zero-order valence-corrected chi connectivity index (χ0v) is 12.3. The average Bonchev–Trinajstić information content (AvgIpc) is 2.48. The van der Waals surface area contributed by atoms with Crippen LogP contribution in [0.5, 0.6) is 0 Å². The number of methoxy groups -OCH3 is 1. The molecule has 0 radical (unpaired) electrons. The first kappa shape index (κ1) is 14.8. The summed E-state index contributed by atoms with van der Waals surface area (Å²) in [5.74, 6) is -0.152. The largest absolute Gasteiger partial charge is 0.378 e. The van der Waals surface area contributed by atoms with Gasteiger partial charge in [0, 0.05) is 20.2 Å². The first-order valence-electron chi connectivity index (χ1n) is 6.83. The molecular weight excluding hydrogens is 256 g/mol. The van der Waals surface area contributed by atoms with Gasteiger partial charge in [-0.05, 0) is 26.0 Å². The Morgan fingerprint density at radius 3 is 2.60 bits per heavy atom. The molecule has 1 aliphatic rings. The Labute approximate surface area is 119 Å². The highest BCUT2D eigenvalue weighted by atomic mass is 16.5. The van der Waals surface area contributed by atoms with Crippen molar-refractivity contribution in [2.45, 2.75) is 19.4 Å². The fraction of sp³-hybridized carbons (Fsp3) is 0.533. The molecule has 20 heavy (non-hydrogen) atoms. The van der Waals surface area contributed by atoms with Gasteiger partial charge in [0.1, 0.15) is 5.60 Å². The minimum absolute atomic E-state index is 0.152. The topological polar surface area (TPSA) is 50.8 Å². The number of ether oxygens (including phenoxy) is 2. The van der Waals surface area contributed by atoms with Crippen molar-refractivity contribution in [2.24, 2.45) is 0 Å². The van der Waals surface area contributed by atoms with E-state index in [1.807, 2.05) is 24.3 Å². The van der Waals surface area contributed by atoms with Gasteiger partial charge in [-0.3, -0.25) is 4.79 Å². The van der Waals surface area contributed by atoms with Gasteiger partial charge in [0.05, 0.1) is 24.6 Å². The van der Waals surface area contributed by atoms with E-state index in [4.69, 9.17) is 9.47 Å². The molecule has 1 aromatic carbocycles. The first-order chi connectivity index (χ1) is 9.54. The number of rotatable bonds is 4. The number of amides is 1. The molecule has 1 aliphatic heterocycles. The summed E-state index contributed by atoms with van der Waals surface area (Å²) in [6, 6.07) is 7.82. The highest BCUT2D eigenvalue weighted by molar-refractivity contribution is 5.99. The Morgan fingerprint density at radius 2 is 1.95 bits per heavy atom. The van der Waals surface area contributed by atoms with Gasteiger partial charge in [-0.1, -0.05) is 12.1 Å². The smallest absolute Gasteiger partial charge is 0.256 e. The van der Waals surface area contributed by atoms with E-state index in [1.54, 1.807) is 13.8 Å². The molecule has 5 nitrogen and oxygen atoms in total. The molecule has 0 bridgehead atoms. The number of para-hydroxylation sites is 2. The summed E-state index contributed by atoms with van der Waals surface area (Å²) < 4.78 is 10.6. The van der Waals surface area contributed by atoms with Gasteiger partial charge in [0.15, 0.2) is 0 Å². The lowest BCUT2D eigenvalue weighted by Crippen LogP contribution is -2.40. The average molecular weight is 278 g/mol. The third-order valence-electron chi connectivity index (χ3n) is 3.56. The minimum atomic E-state index is -0.849. The first-order valence-corrected chi connectivity index (χ1v) is 6.83. The molecule has 0 aromatic heterocycles. The molecule has 2 rings (SSSR count). The fourth-order valence-corrected chi connectivity index (χ4v) is 2.02. The molecule has 0 saturated carbocycles. The van der Waals surface area contributed by atoms with Crippen LogP contribution in [0.3, 0.4) is 0 Å². The van der Waals surface area contributed by atoms with Gasteiger partial charge in [-0.25, -0.2) is 0 Å². The van der Waals surface area contributed by atoms with E-state index < -0.39 is 5.60 Å². The van der Waals surface area contributed by atoms with Crippen molar-refractivity contribution in [2.75, 3.05) is 43.6 Å². The molecule has 1 saturated heterocycles. The molecule has 1 N–H and O–H groups in total. The number of anilines is 2. The zero-order chi connectivity index (χ0) is 14.6. The molecule has 1 aromatic rings. The van der Waals surface area contributed by atoms with Crippen LogP contribution in [-0.2, 0) is 14.3 Å². The number of nitrogens with one attached hydrogen (secondary N) is 1. The summed E-state index contributed by atoms with van der Waals surface area (Å²) in [6.07, 6.45) is 0. The third kappa shape index (κ3) is 3.29. The van der Waals surface area contributed by atoms with Gasteiger partial charge in [-0.2, -0.15) is 0 Å². The molecule has 0 aliphatic carbocycles. The van der Waals surface area contributed by atoms with Crippen LogP contribution in [-0.4, -0.2) is 44.9 Å². The Kier molecular flexibility index (Phi) is 4.62. The van der Waals surface area contributed by atoms with E-state index >= 15 is 0 Å². The fourth-order valence-electron chi connectivity index (χ4n) is 2.02. The predicted molar refractivity (Wildman–Crippen MR) is 79.2 cm³/mol. The van der Waals surface area contributed by atoms with Crippen LogP contribution in [0, 0.1) is 0 Å². The van der Waals surface area contributed by atoms with E-state index in [2.05, 4.69) is 10.2 Å². The number of hydrogen-bond donors (Lipinski definition) is 1. The monoisotopic (exact) mass is 278 g/mol. The minimum Gasteiger partial charge on any atom is -0.378 e. The predicted octanol–water partition coefficient (Wildman–Crippen LogP) is 1.89. The van der Waals surface area contributed by atoms with Crippen LogP contribution in [0.25, 0.3) is 0 Å². The summed E-state index contributed by atoms with van der Waals surface area (Å²) in [4.78, 5) is 14.4. The van der Waals surface area contributed by atoms with Gasteiger partial charge in [0.25, 0.3) is 5.91 Å². The van der Waals surface area contributed by atoms with Crippen molar-refractivity contribution in [3.05, 3.63) is 24.3 Å². The quantitative estimate of drug-likeness (QED) is 0.913. The Bertz CT molecular complexity index is 468. The standard InChI is InChI=1S/C15H22N2O3/c1-15(2,19-3)14(18)16-12-6-4-5-7-13(12)17-8-10-20-11-9-17/h4-7H,8-11H2,1-3H3,(H,16,18). The molecule has 1 amide bonds. The summed E-state index contributed by atoms with van der Waals surface area (Å²) >= 11 is 0. The molecule has 1 heterocycles. The van der Waals surface area contributed by atoms with E-state index in [1.165, 1.54) is 7.11 Å². The van der Waals surface area contributed by atoms with E-state index in [-0.39, 0.29) is 5.91 Å². The SMILES string of the molecule is COC(C)(C)C(=O)Nc1ccccc1N1CCOCC1. The summed E-state index contributed by atoms with van der Waals surface area (Å²) in [5, 5.41) is 2.95. The Morgan fingerprint density at radius 1 is 1.30 bits per heavy atom. The second-order valence-electron chi connectivity index (χ2n) is 5.29. The number of hydrogen-bond acceptors (Lipinski definition) is 4. The molecular formula is C15H22N2O3. The zero-order valence-electron chi connectivity index (χ0n) is 12.3. The van der Waals surface area contributed by atoms with E-state index in [0.717, 1.165) is 24.5 Å². The third-order valence-corrected chi connectivity index (χ3v) is 3.56. The second-order valence-corrected chi connectivity index (χ2v) is 5.29. The van der Waals surface area contributed by atoms with Crippen LogP contribution in [0.2, 0.25) is 0 Å². The van der Waals surface area contributed by atoms with E-state index in [0.29, 0.717) is 13.2 Å². The lowest BCUT2D eigenvalue weighted by Gasteiger charge is -2.31. The molecule has 0 unspecified atom stereocenters. The van der Waals surface area contributed by atoms with Crippen molar-refractivity contribution in [1.29, 1.82) is 0 Å². The maximum atomic E-state index is 12.2. The Balaban J connectivity index is 2.17. The number of carbonyl (C=O) groups is 1. The highest BCUT2D eigenvalue weighted by Gasteiger charge is 2.28. The van der Waals surface area contributed by atoms with Crippen molar-refractivity contribution in [3.8, 4) is 0 Å². The van der Waals surface area contributed by atoms with Crippen LogP contribution in [0.4, 0.5) is 11.4 Å². The molecule has 5 heteroatoms. The molecule has 110 valence electrons. The Hall–Kier alpha value is -1.59. The number of morpholine rings is 1. The van der Waals surface area contributed by atoms with Gasteiger partial charge < -0.3 is 19.7 Å². The van der Waals surface area contributed by atoms with Crippen LogP contribution >= 0.6 is 0 Å². The van der Waals surface area contributed by atoms with Crippen LogP contribution < -0.4 is 10.2 Å². The van der Waals surface area contributed by atoms with Crippen molar-refractivity contribution in [1.82, 2.24) is 0 Å². The van der Waals surface area contributed by atoms with E-state index in [9.17, 15) is 4.79 Å². The summed E-state index contributed by atoms with van der Waals surface area (Å²) in [7, 11) is 1.54. The summed E-state index contributed by atoms with van der Waals surface area (Å²) in [5.41, 5.74) is 0.985.